The van der Waals surface area contributed by atoms with Crippen molar-refractivity contribution in [3.05, 3.63) is 0 Å². The van der Waals surface area contributed by atoms with Crippen LogP contribution in [0.2, 0.25) is 0 Å². The third-order valence-electron chi connectivity index (χ3n) is 1.70. The molecule has 1 atom stereocenters. The summed E-state index contributed by atoms with van der Waals surface area (Å²) in [7, 11) is 4.81. The molecule has 0 aliphatic rings. The molecule has 0 radical (unpaired) electrons. The Bertz CT molecular complexity index is 164. The van der Waals surface area contributed by atoms with Gasteiger partial charge in [0.2, 0.25) is 6.80 Å². The van der Waals surface area contributed by atoms with Crippen molar-refractivity contribution in [1.82, 2.24) is 0 Å². The van der Waals surface area contributed by atoms with Crippen LogP contribution in [-0.4, -0.2) is 45.0 Å². The number of halogens is 2. The molecular weight excluding hydrogens is 288 g/mol. The summed E-state index contributed by atoms with van der Waals surface area (Å²) >= 11 is 0. The van der Waals surface area contributed by atoms with Gasteiger partial charge in [0, 0.05) is 0 Å². The first-order valence-corrected chi connectivity index (χ1v) is 3.88. The Morgan fingerprint density at radius 3 is 2.31 bits per heavy atom. The third-order valence-corrected chi connectivity index (χ3v) is 1.70. The molecule has 1 unspecified atom stereocenters. The second kappa shape index (κ2) is 6.53. The van der Waals surface area contributed by atoms with E-state index in [2.05, 4.69) is 4.74 Å². The normalized spacial score (nSPS) is 13.0. The van der Waals surface area contributed by atoms with E-state index in [4.69, 9.17) is 0 Å². The molecule has 0 heterocycles. The van der Waals surface area contributed by atoms with Crippen LogP contribution in [0.3, 0.4) is 0 Å². The van der Waals surface area contributed by atoms with Gasteiger partial charge in [-0.3, -0.25) is 4.79 Å². The smallest absolute Gasteiger partial charge is 0.314 e. The highest BCUT2D eigenvalue weighted by atomic mass is 127. The number of carbonyl (C=O) groups is 1. The molecule has 0 saturated heterocycles. The highest BCUT2D eigenvalue weighted by Gasteiger charge is 2.24. The van der Waals surface area contributed by atoms with Crippen LogP contribution >= 0.6 is 0 Å². The minimum Gasteiger partial charge on any atom is -1.00 e. The molecule has 0 aliphatic carbocycles. The van der Waals surface area contributed by atoms with Gasteiger partial charge in [0.25, 0.3) is 0 Å². The number of methoxy groups -OCH3 is 1. The average Bonchev–Trinajstić information content (AvgIpc) is 2.02. The summed E-state index contributed by atoms with van der Waals surface area (Å²) in [6.45, 7) is 1.73. The van der Waals surface area contributed by atoms with E-state index in [9.17, 15) is 9.18 Å². The Balaban J connectivity index is 0. The number of ether oxygens (including phenoxy) is 1. The summed E-state index contributed by atoms with van der Waals surface area (Å²) in [4.78, 5) is 11.0. The van der Waals surface area contributed by atoms with Gasteiger partial charge in [0.05, 0.1) is 27.7 Å². The molecule has 0 saturated carbocycles. The molecule has 0 amide bonds. The lowest BCUT2D eigenvalue weighted by atomic mass is 10.1. The largest absolute Gasteiger partial charge is 1.00 e. The Morgan fingerprint density at radius 2 is 2.00 bits per heavy atom. The summed E-state index contributed by atoms with van der Waals surface area (Å²) in [6, 6.07) is 0. The maximum Gasteiger partial charge on any atom is 0.314 e. The SMILES string of the molecule is COC(=O)C(C)C[N+](C)(C)CF.[I-]. The fourth-order valence-electron chi connectivity index (χ4n) is 1.07. The van der Waals surface area contributed by atoms with Crippen molar-refractivity contribution in [3.63, 3.8) is 0 Å². The van der Waals surface area contributed by atoms with Gasteiger partial charge in [-0.2, -0.15) is 4.39 Å². The minimum absolute atomic E-state index is 0. The highest BCUT2D eigenvalue weighted by Crippen LogP contribution is 2.06. The number of rotatable bonds is 4. The van der Waals surface area contributed by atoms with Gasteiger partial charge in [-0.1, -0.05) is 0 Å². The van der Waals surface area contributed by atoms with Gasteiger partial charge in [0.1, 0.15) is 5.92 Å². The van der Waals surface area contributed by atoms with Crippen LogP contribution in [0.15, 0.2) is 0 Å². The van der Waals surface area contributed by atoms with E-state index >= 15 is 0 Å². The van der Waals surface area contributed by atoms with Crippen LogP contribution in [0.1, 0.15) is 6.92 Å². The van der Waals surface area contributed by atoms with Gasteiger partial charge in [-0.05, 0) is 6.92 Å². The van der Waals surface area contributed by atoms with E-state index in [-0.39, 0.29) is 40.3 Å². The van der Waals surface area contributed by atoms with E-state index in [1.165, 1.54) is 7.11 Å². The Kier molecular flexibility index (Phi) is 7.81. The van der Waals surface area contributed by atoms with Crippen molar-refractivity contribution in [2.45, 2.75) is 6.92 Å². The molecule has 0 fully saturated rings. The number of hydrogen-bond donors (Lipinski definition) is 0. The number of hydrogen-bond acceptors (Lipinski definition) is 2. The molecule has 80 valence electrons. The van der Waals surface area contributed by atoms with Crippen molar-refractivity contribution in [2.75, 3.05) is 34.5 Å². The molecule has 5 heteroatoms. The second-order valence-electron chi connectivity index (χ2n) is 3.66. The molecule has 13 heavy (non-hydrogen) atoms. The third kappa shape index (κ3) is 6.20. The number of quaternary nitrogens is 1. The van der Waals surface area contributed by atoms with Crippen LogP contribution < -0.4 is 24.0 Å². The van der Waals surface area contributed by atoms with Crippen molar-refractivity contribution in [3.8, 4) is 0 Å². The van der Waals surface area contributed by atoms with Crippen molar-refractivity contribution in [1.29, 1.82) is 0 Å². The van der Waals surface area contributed by atoms with Crippen molar-refractivity contribution in [2.24, 2.45) is 5.92 Å². The van der Waals surface area contributed by atoms with Gasteiger partial charge in [-0.25, -0.2) is 0 Å². The lowest BCUT2D eigenvalue weighted by Crippen LogP contribution is -3.00. The first kappa shape index (κ1) is 15.6. The standard InChI is InChI=1S/C8H17FNO2.HI/c1-7(8(11)12-4)5-10(2,3)6-9;/h7H,5-6H2,1-4H3;1H/q+1;/p-1. The molecule has 0 aromatic rings. The summed E-state index contributed by atoms with van der Waals surface area (Å²) in [5, 5.41) is 0. The predicted octanol–water partition coefficient (Wildman–Crippen LogP) is -2.20. The van der Waals surface area contributed by atoms with Crippen LogP contribution in [0.4, 0.5) is 4.39 Å². The molecule has 3 nitrogen and oxygen atoms in total. The maximum atomic E-state index is 12.3. The zero-order valence-corrected chi connectivity index (χ0v) is 10.7. The van der Waals surface area contributed by atoms with Crippen molar-refractivity contribution < 1.29 is 42.4 Å². The zero-order chi connectivity index (χ0) is 9.78. The quantitative estimate of drug-likeness (QED) is 0.255. The number of esters is 1. The van der Waals surface area contributed by atoms with Gasteiger partial charge >= 0.3 is 5.97 Å². The molecule has 0 aromatic carbocycles. The average molecular weight is 305 g/mol. The maximum absolute atomic E-state index is 12.3. The van der Waals surface area contributed by atoms with Crippen LogP contribution in [0.25, 0.3) is 0 Å². The Hall–Kier alpha value is 0.0900. The highest BCUT2D eigenvalue weighted by molar-refractivity contribution is 5.71. The fraction of sp³-hybridized carbons (Fsp3) is 0.875. The number of alkyl halides is 1. The number of nitrogens with zero attached hydrogens (tertiary/aromatic N) is 1. The van der Waals surface area contributed by atoms with Crippen LogP contribution in [-0.2, 0) is 9.53 Å². The lowest BCUT2D eigenvalue weighted by Gasteiger charge is -2.27. The Morgan fingerprint density at radius 1 is 1.54 bits per heavy atom. The molecule has 0 aromatic heterocycles. The molecule has 0 rings (SSSR count). The van der Waals surface area contributed by atoms with Gasteiger partial charge in [0.15, 0.2) is 0 Å². The van der Waals surface area contributed by atoms with E-state index < -0.39 is 6.80 Å². The monoisotopic (exact) mass is 305 g/mol. The first-order chi connectivity index (χ1) is 5.43. The molecule has 0 aliphatic heterocycles. The van der Waals surface area contributed by atoms with Crippen LogP contribution in [0.5, 0.6) is 0 Å². The zero-order valence-electron chi connectivity index (χ0n) is 8.51. The molecule has 0 N–H and O–H groups in total. The summed E-state index contributed by atoms with van der Waals surface area (Å²) in [6.07, 6.45) is 0. The van der Waals surface area contributed by atoms with Gasteiger partial charge in [-0.15, -0.1) is 0 Å². The lowest BCUT2D eigenvalue weighted by molar-refractivity contribution is -0.904. The predicted molar refractivity (Wildman–Crippen MR) is 44.1 cm³/mol. The topological polar surface area (TPSA) is 26.3 Å². The van der Waals surface area contributed by atoms with E-state index in [0.29, 0.717) is 6.54 Å². The van der Waals surface area contributed by atoms with Crippen LogP contribution in [0, 0.1) is 5.92 Å². The molecular formula is C8H17FINO2. The summed E-state index contributed by atoms with van der Waals surface area (Å²) < 4.78 is 17.0. The van der Waals surface area contributed by atoms with Crippen molar-refractivity contribution >= 4 is 5.97 Å². The summed E-state index contributed by atoms with van der Waals surface area (Å²) in [5.74, 6) is -0.532. The first-order valence-electron chi connectivity index (χ1n) is 3.88. The number of carbonyl (C=O) groups excluding carboxylic acids is 1. The molecule has 0 spiro atoms. The second-order valence-corrected chi connectivity index (χ2v) is 3.66. The van der Waals surface area contributed by atoms with E-state index in [1.807, 2.05) is 0 Å². The summed E-state index contributed by atoms with van der Waals surface area (Å²) in [5.41, 5.74) is 0. The van der Waals surface area contributed by atoms with E-state index in [1.54, 1.807) is 21.0 Å². The minimum atomic E-state index is -0.471. The van der Waals surface area contributed by atoms with Gasteiger partial charge < -0.3 is 33.2 Å². The Labute approximate surface area is 95.8 Å². The van der Waals surface area contributed by atoms with E-state index in [0.717, 1.165) is 0 Å². The molecule has 0 bridgehead atoms. The fourth-order valence-corrected chi connectivity index (χ4v) is 1.07.